The second kappa shape index (κ2) is 4.48. The van der Waals surface area contributed by atoms with Gasteiger partial charge in [-0.15, -0.1) is 0 Å². The molecule has 1 spiro atoms. The van der Waals surface area contributed by atoms with Crippen molar-refractivity contribution in [2.75, 3.05) is 6.54 Å². The van der Waals surface area contributed by atoms with E-state index in [0.29, 0.717) is 28.1 Å². The molecule has 1 saturated heterocycles. The van der Waals surface area contributed by atoms with Gasteiger partial charge in [0.25, 0.3) is 5.91 Å². The third-order valence-corrected chi connectivity index (χ3v) is 5.61. The molecule has 0 N–H and O–H groups in total. The molecule has 0 bridgehead atoms. The molecular weight excluding hydrogens is 274 g/mol. The minimum absolute atomic E-state index is 0.00470. The van der Waals surface area contributed by atoms with E-state index in [1.807, 2.05) is 18.9 Å². The Balaban J connectivity index is 1.86. The van der Waals surface area contributed by atoms with Crippen molar-refractivity contribution in [3.8, 4) is 0 Å². The molecule has 1 amide bonds. The van der Waals surface area contributed by atoms with Gasteiger partial charge >= 0.3 is 0 Å². The molecular formula is C15H22ClN3O. The van der Waals surface area contributed by atoms with E-state index in [1.54, 1.807) is 4.68 Å². The van der Waals surface area contributed by atoms with Crippen molar-refractivity contribution in [1.29, 1.82) is 0 Å². The molecule has 2 fully saturated rings. The average molecular weight is 296 g/mol. The second-order valence-electron chi connectivity index (χ2n) is 6.71. The van der Waals surface area contributed by atoms with E-state index in [1.165, 1.54) is 19.3 Å². The van der Waals surface area contributed by atoms with Crippen LogP contribution in [0.3, 0.4) is 0 Å². The van der Waals surface area contributed by atoms with Gasteiger partial charge in [0.05, 0.1) is 10.7 Å². The monoisotopic (exact) mass is 295 g/mol. The summed E-state index contributed by atoms with van der Waals surface area (Å²) in [7, 11) is 1.82. The highest BCUT2D eigenvalue weighted by atomic mass is 35.5. The maximum absolute atomic E-state index is 12.7. The third-order valence-electron chi connectivity index (χ3n) is 5.15. The van der Waals surface area contributed by atoms with Crippen molar-refractivity contribution in [2.45, 2.75) is 46.1 Å². The van der Waals surface area contributed by atoms with E-state index in [4.69, 9.17) is 11.6 Å². The first kappa shape index (κ1) is 13.9. The third kappa shape index (κ3) is 1.73. The Bertz CT molecular complexity index is 560. The predicted molar refractivity (Wildman–Crippen MR) is 78.9 cm³/mol. The average Bonchev–Trinajstić information content (AvgIpc) is 2.53. The zero-order chi connectivity index (χ0) is 14.7. The zero-order valence-electron chi connectivity index (χ0n) is 12.6. The second-order valence-corrected chi connectivity index (χ2v) is 7.09. The molecule has 1 aliphatic heterocycles. The topological polar surface area (TPSA) is 38.1 Å². The molecule has 0 aromatic carbocycles. The summed E-state index contributed by atoms with van der Waals surface area (Å²) in [4.78, 5) is 14.7. The van der Waals surface area contributed by atoms with Crippen LogP contribution in [0, 0.1) is 18.3 Å². The highest BCUT2D eigenvalue weighted by molar-refractivity contribution is 6.34. The van der Waals surface area contributed by atoms with Gasteiger partial charge in [0, 0.05) is 25.0 Å². The maximum Gasteiger partial charge on any atom is 0.276 e. The first-order valence-corrected chi connectivity index (χ1v) is 7.75. The van der Waals surface area contributed by atoms with Crippen LogP contribution in [0.5, 0.6) is 0 Å². The van der Waals surface area contributed by atoms with Gasteiger partial charge in [0.1, 0.15) is 0 Å². The highest BCUT2D eigenvalue weighted by Crippen LogP contribution is 2.55. The van der Waals surface area contributed by atoms with Gasteiger partial charge in [-0.3, -0.25) is 9.48 Å². The van der Waals surface area contributed by atoms with Crippen LogP contribution in [0.15, 0.2) is 0 Å². The number of carbonyl (C=O) groups excluding carboxylic acids is 1. The van der Waals surface area contributed by atoms with Gasteiger partial charge in [0.2, 0.25) is 0 Å². The number of likely N-dealkylation sites (tertiary alicyclic amines) is 1. The predicted octanol–water partition coefficient (Wildman–Crippen LogP) is 3.03. The van der Waals surface area contributed by atoms with Crippen molar-refractivity contribution in [3.63, 3.8) is 0 Å². The van der Waals surface area contributed by atoms with E-state index < -0.39 is 0 Å². The molecule has 1 aromatic rings. The first-order valence-electron chi connectivity index (χ1n) is 7.37. The van der Waals surface area contributed by atoms with E-state index in [9.17, 15) is 4.79 Å². The van der Waals surface area contributed by atoms with Crippen LogP contribution in [-0.2, 0) is 7.05 Å². The first-order chi connectivity index (χ1) is 9.37. The number of amides is 1. The normalized spacial score (nSPS) is 23.9. The maximum atomic E-state index is 12.7. The van der Waals surface area contributed by atoms with Crippen molar-refractivity contribution < 1.29 is 4.79 Å². The number of rotatable bonds is 2. The summed E-state index contributed by atoms with van der Waals surface area (Å²) >= 11 is 6.25. The van der Waals surface area contributed by atoms with E-state index in [-0.39, 0.29) is 5.91 Å². The Morgan fingerprint density at radius 3 is 2.50 bits per heavy atom. The van der Waals surface area contributed by atoms with Crippen molar-refractivity contribution >= 4 is 17.5 Å². The van der Waals surface area contributed by atoms with Gasteiger partial charge in [0.15, 0.2) is 5.69 Å². The van der Waals surface area contributed by atoms with Gasteiger partial charge in [-0.25, -0.2) is 0 Å². The van der Waals surface area contributed by atoms with Crippen molar-refractivity contribution in [3.05, 3.63) is 16.4 Å². The van der Waals surface area contributed by atoms with Gasteiger partial charge < -0.3 is 4.90 Å². The fourth-order valence-corrected chi connectivity index (χ4v) is 4.20. The molecule has 1 saturated carbocycles. The molecule has 4 nitrogen and oxygen atoms in total. The van der Waals surface area contributed by atoms with Gasteiger partial charge in [-0.2, -0.15) is 5.10 Å². The highest BCUT2D eigenvalue weighted by Gasteiger charge is 2.58. The van der Waals surface area contributed by atoms with Gasteiger partial charge in [-0.05, 0) is 25.7 Å². The Morgan fingerprint density at radius 2 is 2.10 bits per heavy atom. The SMILES string of the molecule is Cc1c(Cl)c(C(=O)N2CC3(CCC3)C2C(C)C)nn1C. The van der Waals surface area contributed by atoms with Crippen LogP contribution in [0.25, 0.3) is 0 Å². The Kier molecular flexibility index (Phi) is 3.12. The molecule has 1 atom stereocenters. The molecule has 20 heavy (non-hydrogen) atoms. The number of carbonyl (C=O) groups is 1. The number of nitrogens with zero attached hydrogens (tertiary/aromatic N) is 3. The summed E-state index contributed by atoms with van der Waals surface area (Å²) in [6.45, 7) is 7.17. The molecule has 3 rings (SSSR count). The number of aryl methyl sites for hydroxylation is 1. The van der Waals surface area contributed by atoms with Gasteiger partial charge in [-0.1, -0.05) is 31.9 Å². The molecule has 1 aliphatic carbocycles. The minimum Gasteiger partial charge on any atom is -0.333 e. The molecule has 2 aliphatic rings. The van der Waals surface area contributed by atoms with Crippen molar-refractivity contribution in [2.24, 2.45) is 18.4 Å². The molecule has 110 valence electrons. The quantitative estimate of drug-likeness (QED) is 0.841. The largest absolute Gasteiger partial charge is 0.333 e. The summed E-state index contributed by atoms with van der Waals surface area (Å²) in [6, 6.07) is 0.349. The summed E-state index contributed by atoms with van der Waals surface area (Å²) < 4.78 is 1.68. The zero-order valence-corrected chi connectivity index (χ0v) is 13.4. The van der Waals surface area contributed by atoms with E-state index in [0.717, 1.165) is 12.2 Å². The fourth-order valence-electron chi connectivity index (χ4n) is 3.95. The standard InChI is InChI=1S/C15H22ClN3O/c1-9(2)13-15(6-5-7-15)8-19(13)14(20)12-11(16)10(3)18(4)17-12/h9,13H,5-8H2,1-4H3. The van der Waals surface area contributed by atoms with Crippen LogP contribution in [0.2, 0.25) is 5.02 Å². The number of aromatic nitrogens is 2. The lowest BCUT2D eigenvalue weighted by Gasteiger charge is -2.64. The smallest absolute Gasteiger partial charge is 0.276 e. The van der Waals surface area contributed by atoms with E-state index >= 15 is 0 Å². The lowest BCUT2D eigenvalue weighted by atomic mass is 9.55. The van der Waals surface area contributed by atoms with Crippen LogP contribution in [-0.4, -0.2) is 33.2 Å². The summed E-state index contributed by atoms with van der Waals surface area (Å²) in [6.07, 6.45) is 3.82. The van der Waals surface area contributed by atoms with Crippen LogP contribution < -0.4 is 0 Å². The fraction of sp³-hybridized carbons (Fsp3) is 0.733. The molecule has 1 unspecified atom stereocenters. The lowest BCUT2D eigenvalue weighted by Crippen LogP contribution is -2.70. The van der Waals surface area contributed by atoms with Crippen LogP contribution in [0.4, 0.5) is 0 Å². The number of halogens is 1. The summed E-state index contributed by atoms with van der Waals surface area (Å²) in [5, 5.41) is 4.79. The van der Waals surface area contributed by atoms with Crippen LogP contribution >= 0.6 is 11.6 Å². The Morgan fingerprint density at radius 1 is 1.45 bits per heavy atom. The Hall–Kier alpha value is -1.03. The number of hydrogen-bond acceptors (Lipinski definition) is 2. The summed E-state index contributed by atoms with van der Waals surface area (Å²) in [5.74, 6) is 0.478. The van der Waals surface area contributed by atoms with Crippen LogP contribution in [0.1, 0.15) is 49.3 Å². The minimum atomic E-state index is -0.00470. The van der Waals surface area contributed by atoms with Crippen molar-refractivity contribution in [1.82, 2.24) is 14.7 Å². The molecule has 5 heteroatoms. The Labute approximate surface area is 125 Å². The van der Waals surface area contributed by atoms with E-state index in [2.05, 4.69) is 18.9 Å². The summed E-state index contributed by atoms with van der Waals surface area (Å²) in [5.41, 5.74) is 1.64. The lowest BCUT2D eigenvalue weighted by molar-refractivity contribution is -0.121. The molecule has 1 aromatic heterocycles. The molecule has 2 heterocycles. The molecule has 0 radical (unpaired) electrons. The number of hydrogen-bond donors (Lipinski definition) is 0.